The van der Waals surface area contributed by atoms with Crippen molar-refractivity contribution in [1.29, 1.82) is 0 Å². The van der Waals surface area contributed by atoms with Crippen LogP contribution in [-0.4, -0.2) is 36.5 Å². The molecule has 0 saturated carbocycles. The Morgan fingerprint density at radius 2 is 1.95 bits per heavy atom. The molecular weight excluding hydrogens is 285 g/mol. The number of rotatable bonds is 2. The predicted molar refractivity (Wildman–Crippen MR) is 84.2 cm³/mol. The Labute approximate surface area is 127 Å². The van der Waals surface area contributed by atoms with E-state index < -0.39 is 11.2 Å². The number of benzene rings is 1. The van der Waals surface area contributed by atoms with Crippen LogP contribution in [0.1, 0.15) is 17.3 Å². The molecule has 1 aliphatic rings. The maximum atomic E-state index is 14.5. The molecule has 116 valence electrons. The van der Waals surface area contributed by atoms with Crippen molar-refractivity contribution < 1.29 is 9.18 Å². The van der Waals surface area contributed by atoms with Crippen molar-refractivity contribution in [2.45, 2.75) is 6.92 Å². The van der Waals surface area contributed by atoms with Crippen LogP contribution in [0.2, 0.25) is 0 Å². The highest BCUT2D eigenvalue weighted by atomic mass is 19.1. The van der Waals surface area contributed by atoms with Crippen LogP contribution < -0.4 is 15.6 Å². The third-order valence-corrected chi connectivity index (χ3v) is 4.09. The molecule has 1 saturated heterocycles. The summed E-state index contributed by atoms with van der Waals surface area (Å²) in [6, 6.07) is 2.95. The maximum Gasteiger partial charge on any atom is 0.200 e. The summed E-state index contributed by atoms with van der Waals surface area (Å²) < 4.78 is 16.2. The summed E-state index contributed by atoms with van der Waals surface area (Å²) in [5, 5.41) is 3.47. The Balaban J connectivity index is 2.22. The van der Waals surface area contributed by atoms with Gasteiger partial charge >= 0.3 is 0 Å². The van der Waals surface area contributed by atoms with E-state index in [0.717, 1.165) is 26.2 Å². The molecule has 0 atom stereocenters. The van der Waals surface area contributed by atoms with Gasteiger partial charge in [-0.3, -0.25) is 9.59 Å². The van der Waals surface area contributed by atoms with Gasteiger partial charge in [-0.1, -0.05) is 0 Å². The normalized spacial score (nSPS) is 15.3. The van der Waals surface area contributed by atoms with E-state index in [1.165, 1.54) is 19.2 Å². The standard InChI is InChI=1S/C16H18FN3O2/c1-10(21)12-9-19(2)14-8-15(20-5-3-18-4-6-20)13(17)7-11(14)16(12)22/h7-9,18H,3-6H2,1-2H3. The van der Waals surface area contributed by atoms with Crippen molar-refractivity contribution >= 4 is 22.4 Å². The number of pyridine rings is 1. The fourth-order valence-electron chi connectivity index (χ4n) is 2.89. The molecule has 1 aliphatic heterocycles. The summed E-state index contributed by atoms with van der Waals surface area (Å²) in [7, 11) is 1.76. The molecule has 1 aromatic carbocycles. The summed E-state index contributed by atoms with van der Waals surface area (Å²) in [6.45, 7) is 4.40. The van der Waals surface area contributed by atoms with Gasteiger partial charge in [0.15, 0.2) is 11.2 Å². The minimum absolute atomic E-state index is 0.0873. The second kappa shape index (κ2) is 5.53. The van der Waals surface area contributed by atoms with Crippen LogP contribution in [-0.2, 0) is 7.05 Å². The molecule has 3 rings (SSSR count). The molecule has 0 amide bonds. The fraction of sp³-hybridized carbons (Fsp3) is 0.375. The third kappa shape index (κ3) is 2.39. The van der Waals surface area contributed by atoms with Gasteiger partial charge in [0.1, 0.15) is 5.82 Å². The molecular formula is C16H18FN3O2. The molecule has 5 nitrogen and oxygen atoms in total. The zero-order valence-electron chi connectivity index (χ0n) is 12.6. The van der Waals surface area contributed by atoms with Gasteiger partial charge in [-0.2, -0.15) is 0 Å². The van der Waals surface area contributed by atoms with Gasteiger partial charge in [-0.05, 0) is 19.1 Å². The zero-order chi connectivity index (χ0) is 15.9. The molecule has 0 spiro atoms. The van der Waals surface area contributed by atoms with Gasteiger partial charge in [0, 0.05) is 44.8 Å². The number of anilines is 1. The van der Waals surface area contributed by atoms with Crippen LogP contribution in [0.4, 0.5) is 10.1 Å². The van der Waals surface area contributed by atoms with Crippen molar-refractivity contribution in [3.63, 3.8) is 0 Å². The number of Topliss-reactive ketones (excluding diaryl/α,β-unsaturated/α-hetero) is 1. The highest BCUT2D eigenvalue weighted by molar-refractivity contribution is 5.97. The maximum absolute atomic E-state index is 14.5. The Hall–Kier alpha value is -2.21. The van der Waals surface area contributed by atoms with Crippen molar-refractivity contribution in [2.24, 2.45) is 7.05 Å². The summed E-state index contributed by atoms with van der Waals surface area (Å²) in [6.07, 6.45) is 1.52. The van der Waals surface area contributed by atoms with Gasteiger partial charge in [-0.15, -0.1) is 0 Å². The molecule has 1 N–H and O–H groups in total. The first-order chi connectivity index (χ1) is 10.5. The molecule has 2 heterocycles. The van der Waals surface area contributed by atoms with Gasteiger partial charge < -0.3 is 14.8 Å². The van der Waals surface area contributed by atoms with Crippen LogP contribution in [0.15, 0.2) is 23.1 Å². The van der Waals surface area contributed by atoms with Crippen LogP contribution in [0.3, 0.4) is 0 Å². The number of nitrogens with zero attached hydrogens (tertiary/aromatic N) is 2. The number of nitrogens with one attached hydrogen (secondary N) is 1. The number of piperazine rings is 1. The number of fused-ring (bicyclic) bond motifs is 1. The van der Waals surface area contributed by atoms with E-state index in [2.05, 4.69) is 5.32 Å². The molecule has 6 heteroatoms. The molecule has 0 radical (unpaired) electrons. The molecule has 0 bridgehead atoms. The third-order valence-electron chi connectivity index (χ3n) is 4.09. The minimum atomic E-state index is -0.424. The Morgan fingerprint density at radius 3 is 2.59 bits per heavy atom. The van der Waals surface area contributed by atoms with Crippen LogP contribution in [0.5, 0.6) is 0 Å². The second-order valence-electron chi connectivity index (χ2n) is 5.60. The van der Waals surface area contributed by atoms with E-state index in [9.17, 15) is 14.0 Å². The second-order valence-corrected chi connectivity index (χ2v) is 5.60. The number of ketones is 1. The van der Waals surface area contributed by atoms with Crippen LogP contribution in [0.25, 0.3) is 10.9 Å². The lowest BCUT2D eigenvalue weighted by atomic mass is 10.1. The van der Waals surface area contributed by atoms with E-state index in [1.54, 1.807) is 17.7 Å². The predicted octanol–water partition coefficient (Wildman–Crippen LogP) is 1.29. The van der Waals surface area contributed by atoms with E-state index in [0.29, 0.717) is 11.2 Å². The van der Waals surface area contributed by atoms with Crippen LogP contribution >= 0.6 is 0 Å². The highest BCUT2D eigenvalue weighted by Gasteiger charge is 2.18. The zero-order valence-corrected chi connectivity index (χ0v) is 12.6. The number of hydrogen-bond acceptors (Lipinski definition) is 4. The largest absolute Gasteiger partial charge is 0.367 e. The van der Waals surface area contributed by atoms with E-state index >= 15 is 0 Å². The Kier molecular flexibility index (Phi) is 3.70. The summed E-state index contributed by atoms with van der Waals surface area (Å²) in [4.78, 5) is 25.8. The number of aromatic nitrogens is 1. The Bertz CT molecular complexity index is 807. The van der Waals surface area contributed by atoms with Crippen molar-refractivity contribution in [2.75, 3.05) is 31.1 Å². The SMILES string of the molecule is CC(=O)c1cn(C)c2cc(N3CCNCC3)c(F)cc2c1=O. The lowest BCUT2D eigenvalue weighted by Gasteiger charge is -2.30. The number of carbonyl (C=O) groups excluding carboxylic acids is 1. The average molecular weight is 303 g/mol. The molecule has 1 aromatic heterocycles. The first-order valence-electron chi connectivity index (χ1n) is 7.28. The van der Waals surface area contributed by atoms with E-state index in [-0.39, 0.29) is 16.7 Å². The summed E-state index contributed by atoms with van der Waals surface area (Å²) in [5.41, 5.74) is 0.806. The fourth-order valence-corrected chi connectivity index (χ4v) is 2.89. The number of halogens is 1. The highest BCUT2D eigenvalue weighted by Crippen LogP contribution is 2.25. The monoisotopic (exact) mass is 303 g/mol. The van der Waals surface area contributed by atoms with Gasteiger partial charge in [-0.25, -0.2) is 4.39 Å². The van der Waals surface area contributed by atoms with E-state index in [1.807, 2.05) is 4.90 Å². The number of hydrogen-bond donors (Lipinski definition) is 1. The van der Waals surface area contributed by atoms with E-state index in [4.69, 9.17) is 0 Å². The topological polar surface area (TPSA) is 54.3 Å². The summed E-state index contributed by atoms with van der Waals surface area (Å²) >= 11 is 0. The van der Waals surface area contributed by atoms with Gasteiger partial charge in [0.25, 0.3) is 0 Å². The molecule has 22 heavy (non-hydrogen) atoms. The number of carbonyl (C=O) groups is 1. The molecule has 0 aliphatic carbocycles. The minimum Gasteiger partial charge on any atom is -0.367 e. The Morgan fingerprint density at radius 1 is 1.27 bits per heavy atom. The average Bonchev–Trinajstić information content (AvgIpc) is 2.51. The van der Waals surface area contributed by atoms with Crippen molar-refractivity contribution in [1.82, 2.24) is 9.88 Å². The lowest BCUT2D eigenvalue weighted by molar-refractivity contribution is 0.101. The smallest absolute Gasteiger partial charge is 0.200 e. The quantitative estimate of drug-likeness (QED) is 0.850. The molecule has 0 unspecified atom stereocenters. The summed E-state index contributed by atoms with van der Waals surface area (Å²) in [5.74, 6) is -0.735. The molecule has 1 fully saturated rings. The first-order valence-corrected chi connectivity index (χ1v) is 7.28. The van der Waals surface area contributed by atoms with Crippen LogP contribution in [0, 0.1) is 5.82 Å². The first kappa shape index (κ1) is 14.7. The number of aryl methyl sites for hydroxylation is 1. The van der Waals surface area contributed by atoms with Gasteiger partial charge in [0.05, 0.1) is 16.8 Å². The van der Waals surface area contributed by atoms with Gasteiger partial charge in [0.2, 0.25) is 0 Å². The lowest BCUT2D eigenvalue weighted by Crippen LogP contribution is -2.43. The van der Waals surface area contributed by atoms with Crippen molar-refractivity contribution in [3.8, 4) is 0 Å². The van der Waals surface area contributed by atoms with Crippen molar-refractivity contribution in [3.05, 3.63) is 39.9 Å². The molecule has 2 aromatic rings.